The van der Waals surface area contributed by atoms with E-state index in [4.69, 9.17) is 4.42 Å². The van der Waals surface area contributed by atoms with Gasteiger partial charge in [0.05, 0.1) is 6.04 Å². The molecule has 1 aliphatic heterocycles. The molecule has 2 aromatic rings. The molecule has 1 fully saturated rings. The van der Waals surface area contributed by atoms with Gasteiger partial charge in [0.15, 0.2) is 0 Å². The third-order valence-corrected chi connectivity index (χ3v) is 4.19. The lowest BCUT2D eigenvalue weighted by Crippen LogP contribution is -2.36. The first-order valence-electron chi connectivity index (χ1n) is 7.88. The molecule has 3 heterocycles. The minimum Gasteiger partial charge on any atom is -0.424 e. The second kappa shape index (κ2) is 6.87. The molecule has 0 radical (unpaired) electrons. The van der Waals surface area contributed by atoms with Crippen molar-refractivity contribution in [2.75, 3.05) is 26.2 Å². The highest BCUT2D eigenvalue weighted by molar-refractivity contribution is 5.94. The van der Waals surface area contributed by atoms with Gasteiger partial charge in [0.2, 0.25) is 11.8 Å². The van der Waals surface area contributed by atoms with Crippen LogP contribution in [0.15, 0.2) is 28.9 Å². The van der Waals surface area contributed by atoms with E-state index < -0.39 is 0 Å². The molecule has 3 rings (SSSR count). The molecule has 0 aliphatic carbocycles. The van der Waals surface area contributed by atoms with Crippen LogP contribution in [0, 0.1) is 6.92 Å². The van der Waals surface area contributed by atoms with Crippen LogP contribution in [0.5, 0.6) is 0 Å². The summed E-state index contributed by atoms with van der Waals surface area (Å²) in [6.07, 6.45) is 4.23. The Balaban J connectivity index is 1.64. The van der Waals surface area contributed by atoms with Gasteiger partial charge in [0, 0.05) is 51.1 Å². The monoisotopic (exact) mass is 315 g/mol. The molecule has 7 nitrogen and oxygen atoms in total. The fourth-order valence-corrected chi connectivity index (χ4v) is 2.84. The molecule has 0 aromatic carbocycles. The van der Waals surface area contributed by atoms with Crippen LogP contribution in [-0.4, -0.2) is 57.1 Å². The highest BCUT2D eigenvalue weighted by Crippen LogP contribution is 2.21. The first kappa shape index (κ1) is 15.6. The number of nitrogens with zero attached hydrogens (tertiary/aromatic N) is 5. The van der Waals surface area contributed by atoms with Gasteiger partial charge in [-0.1, -0.05) is 0 Å². The lowest BCUT2D eigenvalue weighted by Gasteiger charge is -2.25. The van der Waals surface area contributed by atoms with E-state index in [1.54, 1.807) is 31.5 Å². The van der Waals surface area contributed by atoms with Crippen molar-refractivity contribution in [2.24, 2.45) is 0 Å². The largest absolute Gasteiger partial charge is 0.424 e. The molecule has 0 saturated carbocycles. The molecule has 0 N–H and O–H groups in total. The number of carbonyl (C=O) groups is 1. The van der Waals surface area contributed by atoms with Crippen molar-refractivity contribution in [3.63, 3.8) is 0 Å². The van der Waals surface area contributed by atoms with E-state index in [1.165, 1.54) is 0 Å². The van der Waals surface area contributed by atoms with E-state index in [0.29, 0.717) is 23.9 Å². The molecule has 0 spiro atoms. The summed E-state index contributed by atoms with van der Waals surface area (Å²) >= 11 is 0. The fourth-order valence-electron chi connectivity index (χ4n) is 2.84. The van der Waals surface area contributed by atoms with Gasteiger partial charge in [-0.05, 0) is 25.5 Å². The van der Waals surface area contributed by atoms with Crippen LogP contribution in [-0.2, 0) is 0 Å². The minimum absolute atomic E-state index is 0.0622. The van der Waals surface area contributed by atoms with E-state index in [-0.39, 0.29) is 11.9 Å². The summed E-state index contributed by atoms with van der Waals surface area (Å²) in [7, 11) is 0. The molecule has 1 atom stereocenters. The molecule has 1 saturated heterocycles. The first-order valence-corrected chi connectivity index (χ1v) is 7.88. The maximum atomic E-state index is 12.5. The summed E-state index contributed by atoms with van der Waals surface area (Å²) in [4.78, 5) is 20.7. The Morgan fingerprint density at radius 2 is 1.96 bits per heavy atom. The molecule has 1 aliphatic rings. The number of carbonyl (C=O) groups excluding carboxylic acids is 1. The Labute approximate surface area is 135 Å². The van der Waals surface area contributed by atoms with Crippen LogP contribution < -0.4 is 0 Å². The van der Waals surface area contributed by atoms with Crippen LogP contribution in [0.25, 0.3) is 0 Å². The fraction of sp³-hybridized carbons (Fsp3) is 0.500. The van der Waals surface area contributed by atoms with Crippen molar-refractivity contribution in [3.8, 4) is 0 Å². The maximum absolute atomic E-state index is 12.5. The summed E-state index contributed by atoms with van der Waals surface area (Å²) in [5.74, 6) is 1.28. The Bertz CT molecular complexity index is 658. The minimum atomic E-state index is 0.0622. The highest BCUT2D eigenvalue weighted by Gasteiger charge is 2.25. The normalized spacial score (nSPS) is 17.7. The van der Waals surface area contributed by atoms with Crippen molar-refractivity contribution in [2.45, 2.75) is 26.3 Å². The molecule has 2 aromatic heterocycles. The van der Waals surface area contributed by atoms with Crippen molar-refractivity contribution in [3.05, 3.63) is 41.9 Å². The molecule has 7 heteroatoms. The third kappa shape index (κ3) is 3.56. The molecule has 122 valence electrons. The standard InChI is InChI=1S/C16H21N5O2/c1-12(15-19-18-13(2)23-15)20-8-3-9-21(11-10-20)16(22)14-4-6-17-7-5-14/h4-7,12H,3,8-11H2,1-2H3/t12-/m0/s1. The molecule has 0 bridgehead atoms. The topological polar surface area (TPSA) is 75.4 Å². The molecule has 23 heavy (non-hydrogen) atoms. The van der Waals surface area contributed by atoms with Crippen molar-refractivity contribution in [1.29, 1.82) is 0 Å². The number of hydrogen-bond acceptors (Lipinski definition) is 6. The van der Waals surface area contributed by atoms with E-state index in [9.17, 15) is 4.79 Å². The summed E-state index contributed by atoms with van der Waals surface area (Å²) in [6.45, 7) is 7.00. The van der Waals surface area contributed by atoms with E-state index in [0.717, 1.165) is 26.1 Å². The zero-order chi connectivity index (χ0) is 16.2. The Morgan fingerprint density at radius 1 is 1.17 bits per heavy atom. The molecule has 0 unspecified atom stereocenters. The number of rotatable bonds is 3. The van der Waals surface area contributed by atoms with Crippen LogP contribution in [0.2, 0.25) is 0 Å². The quantitative estimate of drug-likeness (QED) is 0.858. The van der Waals surface area contributed by atoms with Crippen molar-refractivity contribution < 1.29 is 9.21 Å². The smallest absolute Gasteiger partial charge is 0.254 e. The lowest BCUT2D eigenvalue weighted by molar-refractivity contribution is 0.0757. The lowest BCUT2D eigenvalue weighted by atomic mass is 10.2. The zero-order valence-corrected chi connectivity index (χ0v) is 13.5. The molecule has 1 amide bonds. The maximum Gasteiger partial charge on any atom is 0.254 e. The second-order valence-corrected chi connectivity index (χ2v) is 5.75. The SMILES string of the molecule is Cc1nnc([C@H](C)N2CCCN(C(=O)c3ccncc3)CC2)o1. The second-order valence-electron chi connectivity index (χ2n) is 5.75. The van der Waals surface area contributed by atoms with Gasteiger partial charge in [0.25, 0.3) is 5.91 Å². The van der Waals surface area contributed by atoms with E-state index >= 15 is 0 Å². The number of amides is 1. The number of aromatic nitrogens is 3. The van der Waals surface area contributed by atoms with Gasteiger partial charge in [0.1, 0.15) is 0 Å². The molecular weight excluding hydrogens is 294 g/mol. The van der Waals surface area contributed by atoms with Gasteiger partial charge in [-0.2, -0.15) is 0 Å². The van der Waals surface area contributed by atoms with E-state index in [2.05, 4.69) is 27.0 Å². The predicted molar refractivity (Wildman–Crippen MR) is 83.8 cm³/mol. The van der Waals surface area contributed by atoms with Crippen LogP contribution in [0.3, 0.4) is 0 Å². The van der Waals surface area contributed by atoms with Crippen molar-refractivity contribution in [1.82, 2.24) is 25.0 Å². The zero-order valence-electron chi connectivity index (χ0n) is 13.5. The predicted octanol–water partition coefficient (Wildman–Crippen LogP) is 1.68. The first-order chi connectivity index (χ1) is 11.1. The van der Waals surface area contributed by atoms with Gasteiger partial charge in [-0.3, -0.25) is 14.7 Å². The van der Waals surface area contributed by atoms with Crippen LogP contribution in [0.4, 0.5) is 0 Å². The van der Waals surface area contributed by atoms with Gasteiger partial charge in [-0.15, -0.1) is 10.2 Å². The highest BCUT2D eigenvalue weighted by atomic mass is 16.4. The summed E-state index contributed by atoms with van der Waals surface area (Å²) in [5, 5.41) is 8.00. The average Bonchev–Trinajstić information content (AvgIpc) is 2.87. The van der Waals surface area contributed by atoms with Crippen LogP contribution in [0.1, 0.15) is 41.5 Å². The number of hydrogen-bond donors (Lipinski definition) is 0. The van der Waals surface area contributed by atoms with Gasteiger partial charge >= 0.3 is 0 Å². The Kier molecular flexibility index (Phi) is 4.66. The number of aryl methyl sites for hydroxylation is 1. The van der Waals surface area contributed by atoms with E-state index in [1.807, 2.05) is 4.90 Å². The summed E-state index contributed by atoms with van der Waals surface area (Å²) < 4.78 is 5.53. The Hall–Kier alpha value is -2.28. The number of pyridine rings is 1. The van der Waals surface area contributed by atoms with Crippen molar-refractivity contribution >= 4 is 5.91 Å². The molecular formula is C16H21N5O2. The summed E-state index contributed by atoms with van der Waals surface area (Å²) in [5.41, 5.74) is 0.689. The summed E-state index contributed by atoms with van der Waals surface area (Å²) in [6, 6.07) is 3.58. The van der Waals surface area contributed by atoms with Gasteiger partial charge < -0.3 is 9.32 Å². The van der Waals surface area contributed by atoms with Crippen LogP contribution >= 0.6 is 0 Å². The third-order valence-electron chi connectivity index (χ3n) is 4.19. The average molecular weight is 315 g/mol. The Morgan fingerprint density at radius 3 is 2.65 bits per heavy atom. The van der Waals surface area contributed by atoms with Gasteiger partial charge in [-0.25, -0.2) is 0 Å².